The van der Waals surface area contributed by atoms with Gasteiger partial charge in [0.05, 0.1) is 6.61 Å². The van der Waals surface area contributed by atoms with Crippen LogP contribution in [0.3, 0.4) is 0 Å². The van der Waals surface area contributed by atoms with Crippen LogP contribution >= 0.6 is 24.8 Å². The number of nitrogens with zero attached hydrogens (tertiary/aromatic N) is 3. The highest BCUT2D eigenvalue weighted by atomic mass is 31.2. The SMILES string of the molecule is [N-]=[N+]=NCCCCCCCCCCCO[PH](=O)O[PH](=O)O[PH](=O)O. The Bertz CT molecular complexity index is 447. The third-order valence-electron chi connectivity index (χ3n) is 3.02. The van der Waals surface area contributed by atoms with E-state index in [4.69, 9.17) is 14.9 Å². The van der Waals surface area contributed by atoms with Crippen molar-refractivity contribution >= 4 is 24.8 Å². The lowest BCUT2D eigenvalue weighted by Crippen LogP contribution is -1.88. The van der Waals surface area contributed by atoms with Gasteiger partial charge in [0.1, 0.15) is 0 Å². The van der Waals surface area contributed by atoms with Crippen molar-refractivity contribution in [3.63, 3.8) is 0 Å². The second-order valence-corrected chi connectivity index (χ2v) is 8.41. The summed E-state index contributed by atoms with van der Waals surface area (Å²) in [6.45, 7) is 0.796. The molecule has 0 bridgehead atoms. The van der Waals surface area contributed by atoms with Gasteiger partial charge < -0.3 is 9.42 Å². The maximum Gasteiger partial charge on any atom is 0.333 e. The van der Waals surface area contributed by atoms with Gasteiger partial charge in [-0.2, -0.15) is 0 Å². The minimum atomic E-state index is -3.37. The third kappa shape index (κ3) is 18.2. The molecule has 0 aliphatic carbocycles. The quantitative estimate of drug-likeness (QED) is 0.117. The van der Waals surface area contributed by atoms with Crippen molar-refractivity contribution in [2.45, 2.75) is 57.8 Å². The van der Waals surface area contributed by atoms with E-state index in [0.29, 0.717) is 13.0 Å². The number of rotatable bonds is 17. The van der Waals surface area contributed by atoms with Gasteiger partial charge >= 0.3 is 24.8 Å². The molecule has 0 spiro atoms. The van der Waals surface area contributed by atoms with Crippen molar-refractivity contribution in [1.29, 1.82) is 0 Å². The fraction of sp³-hybridized carbons (Fsp3) is 1.00. The Morgan fingerprint density at radius 2 is 1.38 bits per heavy atom. The Morgan fingerprint density at radius 1 is 0.833 bits per heavy atom. The minimum Gasteiger partial charge on any atom is -0.326 e. The van der Waals surface area contributed by atoms with Crippen LogP contribution in [0, 0.1) is 0 Å². The van der Waals surface area contributed by atoms with Crippen LogP contribution in [0.5, 0.6) is 0 Å². The summed E-state index contributed by atoms with van der Waals surface area (Å²) in [4.78, 5) is 11.1. The minimum absolute atomic E-state index is 0.223. The van der Waals surface area contributed by atoms with E-state index in [0.717, 1.165) is 51.4 Å². The molecule has 0 aliphatic heterocycles. The van der Waals surface area contributed by atoms with E-state index in [1.54, 1.807) is 0 Å². The van der Waals surface area contributed by atoms with E-state index in [1.807, 2.05) is 0 Å². The Hall–Kier alpha value is -0.160. The predicted octanol–water partition coefficient (Wildman–Crippen LogP) is 5.02. The molecule has 0 rings (SSSR count). The summed E-state index contributed by atoms with van der Waals surface area (Å²) in [6.07, 6.45) is 9.30. The first-order valence-corrected chi connectivity index (χ1v) is 11.6. The Labute approximate surface area is 143 Å². The summed E-state index contributed by atoms with van der Waals surface area (Å²) in [5.74, 6) is 0. The van der Waals surface area contributed by atoms with Crippen LogP contribution in [0.4, 0.5) is 0 Å². The van der Waals surface area contributed by atoms with Gasteiger partial charge in [-0.3, -0.25) is 13.7 Å². The zero-order valence-electron chi connectivity index (χ0n) is 13.5. The highest BCUT2D eigenvalue weighted by Crippen LogP contribution is 2.44. The highest BCUT2D eigenvalue weighted by molar-refractivity contribution is 7.53. The zero-order valence-corrected chi connectivity index (χ0v) is 16.5. The van der Waals surface area contributed by atoms with E-state index in [2.05, 4.69) is 18.6 Å². The smallest absolute Gasteiger partial charge is 0.326 e. The van der Waals surface area contributed by atoms with Crippen molar-refractivity contribution in [3.8, 4) is 0 Å². The standard InChI is InChI=1S/C11H26N3O7P3/c12-14-13-10-8-6-4-2-1-3-5-7-9-11-19-23(17)21-24(18)20-22(15)16/h22-24H,1-11H2,(H,15,16). The summed E-state index contributed by atoms with van der Waals surface area (Å²) in [5, 5.41) is 3.48. The Balaban J connectivity index is 3.30. The van der Waals surface area contributed by atoms with Crippen molar-refractivity contribution < 1.29 is 31.7 Å². The van der Waals surface area contributed by atoms with E-state index in [9.17, 15) is 13.7 Å². The van der Waals surface area contributed by atoms with Crippen molar-refractivity contribution in [2.75, 3.05) is 13.2 Å². The van der Waals surface area contributed by atoms with Crippen molar-refractivity contribution in [2.24, 2.45) is 5.11 Å². The predicted molar refractivity (Wildman–Crippen MR) is 92.9 cm³/mol. The van der Waals surface area contributed by atoms with E-state index in [1.165, 1.54) is 0 Å². The van der Waals surface area contributed by atoms with Gasteiger partial charge in [0.15, 0.2) is 0 Å². The molecule has 13 heteroatoms. The first-order valence-electron chi connectivity index (χ1n) is 7.86. The first kappa shape index (κ1) is 23.8. The molecule has 1 N–H and O–H groups in total. The number of azide groups is 1. The molecule has 0 saturated carbocycles. The van der Waals surface area contributed by atoms with E-state index in [-0.39, 0.29) is 6.61 Å². The van der Waals surface area contributed by atoms with Gasteiger partial charge in [-0.15, -0.1) is 0 Å². The normalized spacial score (nSPS) is 14.7. The third-order valence-corrected chi connectivity index (χ3v) is 6.16. The van der Waals surface area contributed by atoms with Gasteiger partial charge in [-0.05, 0) is 18.4 Å². The number of hydrogen-bond acceptors (Lipinski definition) is 7. The fourth-order valence-electron chi connectivity index (χ4n) is 1.91. The van der Waals surface area contributed by atoms with E-state index >= 15 is 0 Å². The highest BCUT2D eigenvalue weighted by Gasteiger charge is 2.08. The van der Waals surface area contributed by atoms with Gasteiger partial charge in [0.25, 0.3) is 0 Å². The van der Waals surface area contributed by atoms with Crippen LogP contribution in [0.25, 0.3) is 10.4 Å². The second kappa shape index (κ2) is 17.7. The molecule has 0 amide bonds. The maximum absolute atomic E-state index is 11.2. The molecule has 142 valence electrons. The van der Waals surface area contributed by atoms with Crippen molar-refractivity contribution in [1.82, 2.24) is 0 Å². The summed E-state index contributed by atoms with van der Waals surface area (Å²) in [5.41, 5.74) is 8.12. The van der Waals surface area contributed by atoms with Gasteiger partial charge in [-0.1, -0.05) is 50.1 Å². The van der Waals surface area contributed by atoms with Gasteiger partial charge in [-0.25, -0.2) is 8.62 Å². The zero-order chi connectivity index (χ0) is 18.0. The average molecular weight is 405 g/mol. The van der Waals surface area contributed by atoms with Crippen LogP contribution < -0.4 is 0 Å². The average Bonchev–Trinajstić information content (AvgIpc) is 2.51. The van der Waals surface area contributed by atoms with Crippen LogP contribution in [0.2, 0.25) is 0 Å². The maximum atomic E-state index is 11.2. The molecule has 0 aromatic heterocycles. The molecule has 0 heterocycles. The fourth-order valence-corrected chi connectivity index (χ4v) is 4.11. The molecule has 0 radical (unpaired) electrons. The second-order valence-electron chi connectivity index (χ2n) is 4.95. The Kier molecular flexibility index (Phi) is 17.5. The molecular weight excluding hydrogens is 379 g/mol. The summed E-state index contributed by atoms with van der Waals surface area (Å²) < 4.78 is 45.6. The Morgan fingerprint density at radius 3 is 1.92 bits per heavy atom. The molecule has 10 nitrogen and oxygen atoms in total. The lowest BCUT2D eigenvalue weighted by molar-refractivity contribution is 0.272. The van der Waals surface area contributed by atoms with Gasteiger partial charge in [0.2, 0.25) is 0 Å². The molecule has 0 aliphatic rings. The van der Waals surface area contributed by atoms with Crippen LogP contribution in [-0.4, -0.2) is 18.0 Å². The summed E-state index contributed by atoms with van der Waals surface area (Å²) >= 11 is 0. The lowest BCUT2D eigenvalue weighted by Gasteiger charge is -2.05. The summed E-state index contributed by atoms with van der Waals surface area (Å²) in [7, 11) is -9.56. The van der Waals surface area contributed by atoms with Gasteiger partial charge in [0, 0.05) is 11.5 Å². The molecular formula is C11H26N3O7P3. The van der Waals surface area contributed by atoms with Crippen LogP contribution in [0.1, 0.15) is 57.8 Å². The largest absolute Gasteiger partial charge is 0.333 e. The molecule has 0 aromatic carbocycles. The van der Waals surface area contributed by atoms with Crippen molar-refractivity contribution in [3.05, 3.63) is 10.4 Å². The molecule has 0 saturated heterocycles. The van der Waals surface area contributed by atoms with E-state index < -0.39 is 24.8 Å². The number of hydrogen-bond donors (Lipinski definition) is 1. The summed E-state index contributed by atoms with van der Waals surface area (Å²) in [6, 6.07) is 0. The molecule has 0 aromatic rings. The van der Waals surface area contributed by atoms with Crippen LogP contribution in [-0.2, 0) is 26.8 Å². The molecule has 24 heavy (non-hydrogen) atoms. The molecule has 3 unspecified atom stereocenters. The first-order chi connectivity index (χ1) is 11.6. The molecule has 0 fully saturated rings. The topological polar surface area (TPSA) is 148 Å². The monoisotopic (exact) mass is 405 g/mol. The van der Waals surface area contributed by atoms with Crippen LogP contribution in [0.15, 0.2) is 5.11 Å². The molecule has 3 atom stereocenters. The number of unbranched alkanes of at least 4 members (excludes halogenated alkanes) is 8. The lowest BCUT2D eigenvalue weighted by atomic mass is 10.1.